The highest BCUT2D eigenvalue weighted by Crippen LogP contribution is 2.18. The SMILES string of the molecule is O=C(N[C@@H](Cc1ncc[nH]1)c1ccccc1)c1ccccc1F. The summed E-state index contributed by atoms with van der Waals surface area (Å²) in [6, 6.07) is 15.2. The summed E-state index contributed by atoms with van der Waals surface area (Å²) in [5.74, 6) is -0.217. The summed E-state index contributed by atoms with van der Waals surface area (Å²) < 4.78 is 13.8. The van der Waals surface area contributed by atoms with Gasteiger partial charge in [0.15, 0.2) is 0 Å². The fraction of sp³-hybridized carbons (Fsp3) is 0.111. The third-order valence-corrected chi connectivity index (χ3v) is 3.58. The average Bonchev–Trinajstić information content (AvgIpc) is 3.08. The first-order valence-corrected chi connectivity index (χ1v) is 7.32. The van der Waals surface area contributed by atoms with E-state index in [0.717, 1.165) is 11.4 Å². The van der Waals surface area contributed by atoms with Crippen molar-refractivity contribution in [2.75, 3.05) is 0 Å². The molecule has 0 aliphatic carbocycles. The van der Waals surface area contributed by atoms with Crippen LogP contribution >= 0.6 is 0 Å². The number of H-pyrrole nitrogens is 1. The standard InChI is InChI=1S/C18H16FN3O/c19-15-9-5-4-8-14(15)18(23)22-16(12-17-20-10-11-21-17)13-6-2-1-3-7-13/h1-11,16H,12H2,(H,20,21)(H,22,23)/t16-/m0/s1. The molecule has 3 rings (SSSR count). The van der Waals surface area contributed by atoms with E-state index in [2.05, 4.69) is 15.3 Å². The number of imidazole rings is 1. The van der Waals surface area contributed by atoms with Gasteiger partial charge in [0.25, 0.3) is 5.91 Å². The van der Waals surface area contributed by atoms with Crippen molar-refractivity contribution < 1.29 is 9.18 Å². The Morgan fingerprint density at radius 1 is 1.13 bits per heavy atom. The van der Waals surface area contributed by atoms with Crippen LogP contribution < -0.4 is 5.32 Å². The molecule has 0 unspecified atom stereocenters. The second kappa shape index (κ2) is 6.87. The van der Waals surface area contributed by atoms with Crippen LogP contribution in [0.3, 0.4) is 0 Å². The molecule has 116 valence electrons. The van der Waals surface area contributed by atoms with Crippen molar-refractivity contribution in [3.8, 4) is 0 Å². The smallest absolute Gasteiger partial charge is 0.254 e. The molecule has 2 aromatic carbocycles. The van der Waals surface area contributed by atoms with Crippen LogP contribution in [0.15, 0.2) is 67.0 Å². The molecule has 2 N–H and O–H groups in total. The van der Waals surface area contributed by atoms with E-state index in [4.69, 9.17) is 0 Å². The maximum Gasteiger partial charge on any atom is 0.254 e. The number of benzene rings is 2. The number of aromatic nitrogens is 2. The van der Waals surface area contributed by atoms with Crippen molar-refractivity contribution in [2.45, 2.75) is 12.5 Å². The van der Waals surface area contributed by atoms with E-state index in [-0.39, 0.29) is 11.6 Å². The second-order valence-electron chi connectivity index (χ2n) is 5.16. The number of nitrogens with zero attached hydrogens (tertiary/aromatic N) is 1. The molecule has 1 atom stereocenters. The van der Waals surface area contributed by atoms with E-state index in [0.29, 0.717) is 6.42 Å². The van der Waals surface area contributed by atoms with Crippen molar-refractivity contribution in [3.05, 3.63) is 89.8 Å². The molecule has 0 bridgehead atoms. The molecule has 0 fully saturated rings. The maximum atomic E-state index is 13.8. The number of aromatic amines is 1. The third-order valence-electron chi connectivity index (χ3n) is 3.58. The summed E-state index contributed by atoms with van der Waals surface area (Å²) in [4.78, 5) is 19.6. The van der Waals surface area contributed by atoms with E-state index < -0.39 is 11.7 Å². The minimum absolute atomic E-state index is 0.0351. The number of hydrogen-bond donors (Lipinski definition) is 2. The fourth-order valence-corrected chi connectivity index (χ4v) is 2.42. The van der Waals surface area contributed by atoms with Gasteiger partial charge in [-0.1, -0.05) is 42.5 Å². The van der Waals surface area contributed by atoms with Crippen LogP contribution in [0.1, 0.15) is 27.8 Å². The first-order chi connectivity index (χ1) is 11.2. The Morgan fingerprint density at radius 3 is 2.57 bits per heavy atom. The Kier molecular flexibility index (Phi) is 4.47. The Bertz CT molecular complexity index is 772. The second-order valence-corrected chi connectivity index (χ2v) is 5.16. The lowest BCUT2D eigenvalue weighted by Gasteiger charge is -2.18. The first kappa shape index (κ1) is 15.0. The van der Waals surface area contributed by atoms with E-state index in [1.807, 2.05) is 30.3 Å². The molecule has 0 saturated heterocycles. The van der Waals surface area contributed by atoms with Crippen LogP contribution in [0, 0.1) is 5.82 Å². The Balaban J connectivity index is 1.84. The van der Waals surface area contributed by atoms with Crippen molar-refractivity contribution in [2.24, 2.45) is 0 Å². The van der Waals surface area contributed by atoms with Gasteiger partial charge in [0.2, 0.25) is 0 Å². The fourth-order valence-electron chi connectivity index (χ4n) is 2.42. The number of amides is 1. The van der Waals surface area contributed by atoms with Crippen LogP contribution in [0.5, 0.6) is 0 Å². The van der Waals surface area contributed by atoms with Gasteiger partial charge in [0.1, 0.15) is 11.6 Å². The van der Waals surface area contributed by atoms with Crippen LogP contribution in [0.4, 0.5) is 4.39 Å². The Morgan fingerprint density at radius 2 is 1.87 bits per heavy atom. The maximum absolute atomic E-state index is 13.8. The molecule has 0 aliphatic rings. The van der Waals surface area contributed by atoms with Gasteiger partial charge in [0.05, 0.1) is 11.6 Å². The van der Waals surface area contributed by atoms with Crippen molar-refractivity contribution in [1.82, 2.24) is 15.3 Å². The lowest BCUT2D eigenvalue weighted by atomic mass is 10.0. The molecule has 5 heteroatoms. The number of carbonyl (C=O) groups excluding carboxylic acids is 1. The van der Waals surface area contributed by atoms with Gasteiger partial charge in [0, 0.05) is 18.8 Å². The summed E-state index contributed by atoms with van der Waals surface area (Å²) in [6.07, 6.45) is 3.89. The molecule has 1 amide bonds. The van der Waals surface area contributed by atoms with Crippen LogP contribution in [0.2, 0.25) is 0 Å². The van der Waals surface area contributed by atoms with Gasteiger partial charge in [-0.2, -0.15) is 0 Å². The van der Waals surface area contributed by atoms with E-state index in [1.54, 1.807) is 24.5 Å². The zero-order chi connectivity index (χ0) is 16.1. The molecular weight excluding hydrogens is 293 g/mol. The summed E-state index contributed by atoms with van der Waals surface area (Å²) in [5, 5.41) is 2.89. The molecule has 23 heavy (non-hydrogen) atoms. The third kappa shape index (κ3) is 3.63. The lowest BCUT2D eigenvalue weighted by molar-refractivity contribution is 0.0932. The van der Waals surface area contributed by atoms with Crippen molar-refractivity contribution in [3.63, 3.8) is 0 Å². The van der Waals surface area contributed by atoms with E-state index in [1.165, 1.54) is 12.1 Å². The zero-order valence-corrected chi connectivity index (χ0v) is 12.4. The van der Waals surface area contributed by atoms with Gasteiger partial charge >= 0.3 is 0 Å². The quantitative estimate of drug-likeness (QED) is 0.760. The minimum Gasteiger partial charge on any atom is -0.349 e. The molecular formula is C18H16FN3O. The highest BCUT2D eigenvalue weighted by atomic mass is 19.1. The highest BCUT2D eigenvalue weighted by Gasteiger charge is 2.19. The number of halogens is 1. The van der Waals surface area contributed by atoms with Gasteiger partial charge in [-0.05, 0) is 17.7 Å². The summed E-state index contributed by atoms with van der Waals surface area (Å²) in [6.45, 7) is 0. The summed E-state index contributed by atoms with van der Waals surface area (Å²) in [7, 11) is 0. The molecule has 0 spiro atoms. The minimum atomic E-state index is -0.533. The lowest BCUT2D eigenvalue weighted by Crippen LogP contribution is -2.30. The zero-order valence-electron chi connectivity index (χ0n) is 12.4. The predicted octanol–water partition coefficient (Wildman–Crippen LogP) is 3.26. The topological polar surface area (TPSA) is 57.8 Å². The van der Waals surface area contributed by atoms with Crippen molar-refractivity contribution >= 4 is 5.91 Å². The van der Waals surface area contributed by atoms with Gasteiger partial charge in [-0.3, -0.25) is 4.79 Å². The number of hydrogen-bond acceptors (Lipinski definition) is 2. The monoisotopic (exact) mass is 309 g/mol. The first-order valence-electron chi connectivity index (χ1n) is 7.32. The van der Waals surface area contributed by atoms with Crippen LogP contribution in [-0.2, 0) is 6.42 Å². The summed E-state index contributed by atoms with van der Waals surface area (Å²) in [5.41, 5.74) is 0.974. The molecule has 4 nitrogen and oxygen atoms in total. The molecule has 0 aliphatic heterocycles. The van der Waals surface area contributed by atoms with Crippen LogP contribution in [0.25, 0.3) is 0 Å². The number of rotatable bonds is 5. The van der Waals surface area contributed by atoms with Gasteiger partial charge in [-0.25, -0.2) is 9.37 Å². The van der Waals surface area contributed by atoms with Gasteiger partial charge < -0.3 is 10.3 Å². The van der Waals surface area contributed by atoms with E-state index >= 15 is 0 Å². The Labute approximate surface area is 133 Å². The molecule has 3 aromatic rings. The highest BCUT2D eigenvalue weighted by molar-refractivity contribution is 5.94. The number of nitrogens with one attached hydrogen (secondary N) is 2. The predicted molar refractivity (Wildman–Crippen MR) is 85.3 cm³/mol. The molecule has 0 radical (unpaired) electrons. The largest absolute Gasteiger partial charge is 0.349 e. The molecule has 1 heterocycles. The average molecular weight is 309 g/mol. The molecule has 0 saturated carbocycles. The van der Waals surface area contributed by atoms with Gasteiger partial charge in [-0.15, -0.1) is 0 Å². The summed E-state index contributed by atoms with van der Waals surface area (Å²) >= 11 is 0. The molecule has 1 aromatic heterocycles. The van der Waals surface area contributed by atoms with Crippen molar-refractivity contribution in [1.29, 1.82) is 0 Å². The normalized spacial score (nSPS) is 11.9. The Hall–Kier alpha value is -2.95. The number of carbonyl (C=O) groups is 1. The van der Waals surface area contributed by atoms with Crippen LogP contribution in [-0.4, -0.2) is 15.9 Å². The van der Waals surface area contributed by atoms with E-state index in [9.17, 15) is 9.18 Å².